The predicted octanol–water partition coefficient (Wildman–Crippen LogP) is 4.99. The van der Waals surface area contributed by atoms with Gasteiger partial charge in [0, 0.05) is 74.8 Å². The van der Waals surface area contributed by atoms with Gasteiger partial charge in [-0.1, -0.05) is 24.3 Å². The van der Waals surface area contributed by atoms with E-state index < -0.39 is 17.6 Å². The van der Waals surface area contributed by atoms with Crippen LogP contribution in [0.25, 0.3) is 22.8 Å². The monoisotopic (exact) mass is 790 g/mol. The third-order valence-corrected chi connectivity index (χ3v) is 12.1. The van der Waals surface area contributed by atoms with Gasteiger partial charge in [-0.25, -0.2) is 0 Å². The standard InChI is InChI=1S/2C16H22N2O3Si.2CN.Ru/c2*1-4-19-22(20-5-2,21-6-3)14-10-11-16(18-13-14)15-9-7-8-12-17-15;2*1-2;/h2*7-13H,4-6H2,1-3H3;;;/q;;2*-1;+2. The van der Waals surface area contributed by atoms with E-state index in [1.807, 2.05) is 102 Å². The number of hydrogen-bond donors (Lipinski definition) is 0. The minimum absolute atomic E-state index is 0. The molecule has 0 atom stereocenters. The van der Waals surface area contributed by atoms with Gasteiger partial charge < -0.3 is 50.2 Å². The minimum atomic E-state index is -2.88. The van der Waals surface area contributed by atoms with Gasteiger partial charge in [0.15, 0.2) is 0 Å². The Hall–Kier alpha value is -3.60. The van der Waals surface area contributed by atoms with Crippen molar-refractivity contribution < 1.29 is 46.0 Å². The summed E-state index contributed by atoms with van der Waals surface area (Å²) in [5.74, 6) is 0. The van der Waals surface area contributed by atoms with Gasteiger partial charge in [0.2, 0.25) is 0 Å². The van der Waals surface area contributed by atoms with Crippen LogP contribution in [0.3, 0.4) is 0 Å². The van der Waals surface area contributed by atoms with Crippen molar-refractivity contribution >= 4 is 28.0 Å². The van der Waals surface area contributed by atoms with Crippen molar-refractivity contribution in [1.82, 2.24) is 19.9 Å². The van der Waals surface area contributed by atoms with E-state index >= 15 is 0 Å². The van der Waals surface area contributed by atoms with Gasteiger partial charge in [0.1, 0.15) is 0 Å². The molecule has 262 valence electrons. The molecule has 0 aliphatic rings. The number of aromatic nitrogens is 4. The topological polar surface area (TPSA) is 155 Å². The summed E-state index contributed by atoms with van der Waals surface area (Å²) in [5, 5.41) is 14.2. The summed E-state index contributed by atoms with van der Waals surface area (Å²) in [6, 6.07) is 19.3. The molecule has 0 amide bonds. The molecule has 0 saturated carbocycles. The van der Waals surface area contributed by atoms with Crippen molar-refractivity contribution in [3.05, 3.63) is 98.6 Å². The summed E-state index contributed by atoms with van der Waals surface area (Å²) in [4.78, 5) is 17.6. The summed E-state index contributed by atoms with van der Waals surface area (Å²) in [6.07, 6.45) is 7.06. The fourth-order valence-corrected chi connectivity index (χ4v) is 9.17. The van der Waals surface area contributed by atoms with Crippen LogP contribution < -0.4 is 10.4 Å². The number of rotatable bonds is 16. The van der Waals surface area contributed by atoms with Crippen molar-refractivity contribution in [3.8, 4) is 22.8 Å². The molecule has 49 heavy (non-hydrogen) atoms. The number of pyridine rings is 4. The van der Waals surface area contributed by atoms with Crippen LogP contribution in [0.5, 0.6) is 0 Å². The Bertz CT molecular complexity index is 1290. The van der Waals surface area contributed by atoms with Crippen LogP contribution >= 0.6 is 0 Å². The van der Waals surface area contributed by atoms with E-state index in [-0.39, 0.29) is 19.5 Å². The summed E-state index contributed by atoms with van der Waals surface area (Å²) < 4.78 is 35.3. The van der Waals surface area contributed by atoms with Crippen molar-refractivity contribution in [1.29, 1.82) is 10.5 Å². The van der Waals surface area contributed by atoms with E-state index in [2.05, 4.69) is 19.9 Å². The summed E-state index contributed by atoms with van der Waals surface area (Å²) in [6.45, 7) is 24.4. The Morgan fingerprint density at radius 1 is 0.449 bits per heavy atom. The molecule has 4 heterocycles. The smallest absolute Gasteiger partial charge is 0.512 e. The SMILES string of the molecule is CCO[Si](OCC)(OCC)c1ccc(-c2ccccn2)nc1.CCO[Si](OCC)(OCC)c1ccc(-c2ccccn2)nc1.[C-]#N.[C-]#N.[Ru+2]. The zero-order valence-electron chi connectivity index (χ0n) is 28.8. The molecule has 12 nitrogen and oxygen atoms in total. The van der Waals surface area contributed by atoms with Gasteiger partial charge in [0.05, 0.1) is 22.8 Å². The molecule has 15 heteroatoms. The van der Waals surface area contributed by atoms with Crippen molar-refractivity contribution in [2.75, 3.05) is 39.6 Å². The molecule has 0 fully saturated rings. The van der Waals surface area contributed by atoms with Crippen LogP contribution in [0.2, 0.25) is 0 Å². The third-order valence-electron chi connectivity index (χ3n) is 6.09. The van der Waals surface area contributed by atoms with E-state index in [9.17, 15) is 0 Å². The quantitative estimate of drug-likeness (QED) is 0.111. The van der Waals surface area contributed by atoms with Gasteiger partial charge in [-0.15, -0.1) is 0 Å². The third kappa shape index (κ3) is 13.7. The summed E-state index contributed by atoms with van der Waals surface area (Å²) in [5.41, 5.74) is 3.31. The van der Waals surface area contributed by atoms with Gasteiger partial charge in [0.25, 0.3) is 0 Å². The first-order valence-electron chi connectivity index (χ1n) is 15.5. The van der Waals surface area contributed by atoms with Crippen LogP contribution in [0, 0.1) is 23.7 Å². The van der Waals surface area contributed by atoms with Crippen LogP contribution in [-0.2, 0) is 46.0 Å². The Morgan fingerprint density at radius 3 is 0.939 bits per heavy atom. The zero-order chi connectivity index (χ0) is 35.7. The van der Waals surface area contributed by atoms with E-state index in [0.717, 1.165) is 33.1 Å². The van der Waals surface area contributed by atoms with Gasteiger partial charge in [-0.05, 0) is 77.9 Å². The van der Waals surface area contributed by atoms with E-state index in [4.69, 9.17) is 50.2 Å². The minimum Gasteiger partial charge on any atom is -0.512 e. The molecule has 0 aliphatic heterocycles. The first kappa shape index (κ1) is 45.4. The van der Waals surface area contributed by atoms with Gasteiger partial charge in [-0.2, -0.15) is 0 Å². The predicted molar refractivity (Wildman–Crippen MR) is 185 cm³/mol. The second-order valence-electron chi connectivity index (χ2n) is 9.00. The maximum absolute atomic E-state index is 6.25. The van der Waals surface area contributed by atoms with Crippen molar-refractivity contribution in [2.24, 2.45) is 0 Å². The molecule has 0 bridgehead atoms. The Labute approximate surface area is 305 Å². The molecule has 0 aliphatic carbocycles. The Kier molecular flexibility index (Phi) is 24.4. The Balaban J connectivity index is 0.000000838. The first-order chi connectivity index (χ1) is 23.5. The maximum Gasteiger partial charge on any atom is 2.00 e. The average Bonchev–Trinajstić information content (AvgIpc) is 3.15. The molecule has 0 saturated heterocycles. The van der Waals surface area contributed by atoms with Gasteiger partial charge >= 0.3 is 37.1 Å². The average molecular weight is 790 g/mol. The largest absolute Gasteiger partial charge is 2.00 e. The van der Waals surface area contributed by atoms with E-state index in [1.54, 1.807) is 24.8 Å². The van der Waals surface area contributed by atoms with Crippen LogP contribution in [0.4, 0.5) is 0 Å². The summed E-state index contributed by atoms with van der Waals surface area (Å²) in [7, 11) is -5.76. The van der Waals surface area contributed by atoms with E-state index in [0.29, 0.717) is 39.6 Å². The van der Waals surface area contributed by atoms with Crippen molar-refractivity contribution in [2.45, 2.75) is 41.5 Å². The van der Waals surface area contributed by atoms with Crippen LogP contribution in [0.15, 0.2) is 85.5 Å². The second kappa shape index (κ2) is 26.3. The van der Waals surface area contributed by atoms with E-state index in [1.165, 1.54) is 0 Å². The maximum atomic E-state index is 6.25. The molecule has 0 radical (unpaired) electrons. The fourth-order valence-electron chi connectivity index (χ4n) is 4.37. The molecule has 4 aromatic heterocycles. The number of hydrogen-bond acceptors (Lipinski definition) is 12. The molecule has 0 aromatic carbocycles. The molecule has 4 rings (SSSR count). The Morgan fingerprint density at radius 2 is 0.735 bits per heavy atom. The molecular formula is C34H44N6O6RuSi2. The number of nitrogens with zero attached hydrogens (tertiary/aromatic N) is 6. The fraction of sp³-hybridized carbons (Fsp3) is 0.353. The van der Waals surface area contributed by atoms with Gasteiger partial charge in [-0.3, -0.25) is 19.9 Å². The summed E-state index contributed by atoms with van der Waals surface area (Å²) >= 11 is 0. The molecule has 0 unspecified atom stereocenters. The molecule has 0 N–H and O–H groups in total. The first-order valence-corrected chi connectivity index (χ1v) is 19.0. The van der Waals surface area contributed by atoms with Crippen LogP contribution in [-0.4, -0.2) is 77.2 Å². The molecule has 0 spiro atoms. The van der Waals surface area contributed by atoms with Crippen molar-refractivity contribution in [3.63, 3.8) is 0 Å². The molecular weight excluding hydrogens is 746 g/mol. The normalized spacial score (nSPS) is 10.5. The van der Waals surface area contributed by atoms with Crippen LogP contribution in [0.1, 0.15) is 41.5 Å². The second-order valence-corrected chi connectivity index (χ2v) is 14.1. The zero-order valence-corrected chi connectivity index (χ0v) is 32.5. The molecule has 4 aromatic rings.